The molecule has 0 bridgehead atoms. The van der Waals surface area contributed by atoms with Gasteiger partial charge in [-0.15, -0.1) is 0 Å². The van der Waals surface area contributed by atoms with Gasteiger partial charge < -0.3 is 9.84 Å². The molecule has 2 aromatic rings. The molecule has 1 amide bonds. The molecule has 2 heterocycles. The minimum atomic E-state index is -0.101. The second kappa shape index (κ2) is 5.03. The van der Waals surface area contributed by atoms with Gasteiger partial charge in [0.2, 0.25) is 5.91 Å². The lowest BCUT2D eigenvalue weighted by molar-refractivity contribution is -0.116. The van der Waals surface area contributed by atoms with Crippen molar-refractivity contribution in [3.8, 4) is 0 Å². The van der Waals surface area contributed by atoms with Crippen molar-refractivity contribution >= 4 is 11.7 Å². The van der Waals surface area contributed by atoms with Gasteiger partial charge in [-0.2, -0.15) is 5.10 Å². The minimum Gasteiger partial charge on any atom is -0.360 e. The maximum absolute atomic E-state index is 11.7. The van der Waals surface area contributed by atoms with Gasteiger partial charge in [0.05, 0.1) is 5.69 Å². The van der Waals surface area contributed by atoms with E-state index in [0.717, 1.165) is 11.4 Å². The lowest BCUT2D eigenvalue weighted by Gasteiger charge is -2.04. The molecular formula is C12H16N4O2. The standard InChI is InChI=1S/C12H16N4O2/c1-8-6-9(2)16(14-8)5-4-12(17)13-11-7-10(3)18-15-11/h6-7H,4-5H2,1-3H3,(H,13,15,17). The molecule has 0 radical (unpaired) electrons. The number of nitrogens with one attached hydrogen (secondary N) is 1. The summed E-state index contributed by atoms with van der Waals surface area (Å²) in [5.41, 5.74) is 2.01. The number of aromatic nitrogens is 3. The first-order chi connectivity index (χ1) is 8.54. The zero-order chi connectivity index (χ0) is 13.1. The summed E-state index contributed by atoms with van der Waals surface area (Å²) in [5, 5.41) is 10.7. The molecular weight excluding hydrogens is 232 g/mol. The third-order valence-electron chi connectivity index (χ3n) is 2.55. The summed E-state index contributed by atoms with van der Waals surface area (Å²) in [6.45, 7) is 6.24. The van der Waals surface area contributed by atoms with Crippen molar-refractivity contribution in [2.45, 2.75) is 33.7 Å². The first-order valence-electron chi connectivity index (χ1n) is 5.79. The topological polar surface area (TPSA) is 73.0 Å². The monoisotopic (exact) mass is 248 g/mol. The van der Waals surface area contributed by atoms with E-state index < -0.39 is 0 Å². The molecule has 1 N–H and O–H groups in total. The Kier molecular flexibility index (Phi) is 3.45. The number of anilines is 1. The van der Waals surface area contributed by atoms with Crippen LogP contribution in [0.4, 0.5) is 5.82 Å². The van der Waals surface area contributed by atoms with Gasteiger partial charge in [0, 0.05) is 24.7 Å². The third-order valence-corrected chi connectivity index (χ3v) is 2.55. The van der Waals surface area contributed by atoms with Gasteiger partial charge in [0.25, 0.3) is 0 Å². The zero-order valence-electron chi connectivity index (χ0n) is 10.7. The Hall–Kier alpha value is -2.11. The van der Waals surface area contributed by atoms with Crippen LogP contribution in [0.1, 0.15) is 23.6 Å². The molecule has 6 heteroatoms. The van der Waals surface area contributed by atoms with E-state index in [1.54, 1.807) is 13.0 Å². The molecule has 18 heavy (non-hydrogen) atoms. The van der Waals surface area contributed by atoms with Gasteiger partial charge in [0.15, 0.2) is 5.82 Å². The van der Waals surface area contributed by atoms with Gasteiger partial charge in [0.1, 0.15) is 5.76 Å². The SMILES string of the molecule is Cc1cc(C)n(CCC(=O)Nc2cc(C)on2)n1. The molecule has 0 aliphatic rings. The summed E-state index contributed by atoms with van der Waals surface area (Å²) >= 11 is 0. The lowest BCUT2D eigenvalue weighted by Crippen LogP contribution is -2.15. The maximum atomic E-state index is 11.7. The van der Waals surface area contributed by atoms with E-state index >= 15 is 0 Å². The average molecular weight is 248 g/mol. The summed E-state index contributed by atoms with van der Waals surface area (Å²) < 4.78 is 6.69. The molecule has 0 atom stereocenters. The maximum Gasteiger partial charge on any atom is 0.227 e. The molecule has 0 spiro atoms. The fraction of sp³-hybridized carbons (Fsp3) is 0.417. The molecule has 0 saturated carbocycles. The molecule has 0 aliphatic heterocycles. The summed E-state index contributed by atoms with van der Waals surface area (Å²) in [4.78, 5) is 11.7. The van der Waals surface area contributed by atoms with Crippen molar-refractivity contribution in [2.24, 2.45) is 0 Å². The molecule has 0 aliphatic carbocycles. The Balaban J connectivity index is 1.87. The predicted octanol–water partition coefficient (Wildman–Crippen LogP) is 1.83. The highest BCUT2D eigenvalue weighted by Crippen LogP contribution is 2.08. The van der Waals surface area contributed by atoms with Gasteiger partial charge in [-0.1, -0.05) is 5.16 Å². The van der Waals surface area contributed by atoms with E-state index in [0.29, 0.717) is 24.5 Å². The fourth-order valence-electron chi connectivity index (χ4n) is 1.74. The second-order valence-electron chi connectivity index (χ2n) is 4.27. The smallest absolute Gasteiger partial charge is 0.227 e. The number of nitrogens with zero attached hydrogens (tertiary/aromatic N) is 3. The largest absolute Gasteiger partial charge is 0.360 e. The predicted molar refractivity (Wildman–Crippen MR) is 66.2 cm³/mol. The van der Waals surface area contributed by atoms with Crippen molar-refractivity contribution in [1.29, 1.82) is 0 Å². The van der Waals surface area contributed by atoms with E-state index in [1.807, 2.05) is 24.6 Å². The summed E-state index contributed by atoms with van der Waals surface area (Å²) in [6.07, 6.45) is 0.355. The third kappa shape index (κ3) is 2.97. The van der Waals surface area contributed by atoms with Gasteiger partial charge >= 0.3 is 0 Å². The van der Waals surface area contributed by atoms with E-state index in [9.17, 15) is 4.79 Å². The number of carbonyl (C=O) groups excluding carboxylic acids is 1. The highest BCUT2D eigenvalue weighted by atomic mass is 16.5. The number of hydrogen-bond donors (Lipinski definition) is 1. The normalized spacial score (nSPS) is 10.6. The molecule has 6 nitrogen and oxygen atoms in total. The van der Waals surface area contributed by atoms with Crippen molar-refractivity contribution in [3.63, 3.8) is 0 Å². The molecule has 0 saturated heterocycles. The average Bonchev–Trinajstić information content (AvgIpc) is 2.82. The first-order valence-corrected chi connectivity index (χ1v) is 5.79. The van der Waals surface area contributed by atoms with Gasteiger partial charge in [-0.25, -0.2) is 0 Å². The van der Waals surface area contributed by atoms with Crippen molar-refractivity contribution in [2.75, 3.05) is 5.32 Å². The van der Waals surface area contributed by atoms with Crippen LogP contribution in [0.25, 0.3) is 0 Å². The first kappa shape index (κ1) is 12.3. The van der Waals surface area contributed by atoms with Gasteiger partial charge in [-0.05, 0) is 26.8 Å². The Morgan fingerprint density at radius 3 is 2.72 bits per heavy atom. The van der Waals surface area contributed by atoms with Crippen LogP contribution in [0.15, 0.2) is 16.7 Å². The fourth-order valence-corrected chi connectivity index (χ4v) is 1.74. The van der Waals surface area contributed by atoms with Crippen LogP contribution in [0.2, 0.25) is 0 Å². The number of amides is 1. The van der Waals surface area contributed by atoms with Crippen LogP contribution in [-0.2, 0) is 11.3 Å². The number of carbonyl (C=O) groups is 1. The van der Waals surface area contributed by atoms with Crippen LogP contribution < -0.4 is 5.32 Å². The van der Waals surface area contributed by atoms with Crippen LogP contribution >= 0.6 is 0 Å². The summed E-state index contributed by atoms with van der Waals surface area (Å²) in [6, 6.07) is 3.67. The Morgan fingerprint density at radius 2 is 2.17 bits per heavy atom. The highest BCUT2D eigenvalue weighted by Gasteiger charge is 2.08. The van der Waals surface area contributed by atoms with E-state index in [-0.39, 0.29) is 5.91 Å². The van der Waals surface area contributed by atoms with E-state index in [2.05, 4.69) is 15.6 Å². The number of aryl methyl sites for hydroxylation is 4. The summed E-state index contributed by atoms with van der Waals surface area (Å²) in [5.74, 6) is 1.02. The molecule has 2 aromatic heterocycles. The summed E-state index contributed by atoms with van der Waals surface area (Å²) in [7, 11) is 0. The second-order valence-corrected chi connectivity index (χ2v) is 4.27. The number of rotatable bonds is 4. The lowest BCUT2D eigenvalue weighted by atomic mass is 10.3. The Morgan fingerprint density at radius 1 is 1.39 bits per heavy atom. The van der Waals surface area contributed by atoms with Crippen molar-refractivity contribution < 1.29 is 9.32 Å². The van der Waals surface area contributed by atoms with Crippen LogP contribution in [0.5, 0.6) is 0 Å². The Labute approximate surface area is 105 Å². The molecule has 2 rings (SSSR count). The molecule has 0 unspecified atom stereocenters. The van der Waals surface area contributed by atoms with Crippen LogP contribution in [-0.4, -0.2) is 20.8 Å². The van der Waals surface area contributed by atoms with E-state index in [4.69, 9.17) is 4.52 Å². The minimum absolute atomic E-state index is 0.101. The Bertz CT molecular complexity index is 556. The molecule has 0 aromatic carbocycles. The number of hydrogen-bond acceptors (Lipinski definition) is 4. The zero-order valence-corrected chi connectivity index (χ0v) is 10.7. The van der Waals surface area contributed by atoms with Gasteiger partial charge in [-0.3, -0.25) is 9.48 Å². The quantitative estimate of drug-likeness (QED) is 0.895. The highest BCUT2D eigenvalue weighted by molar-refractivity contribution is 5.89. The molecule has 96 valence electrons. The van der Waals surface area contributed by atoms with E-state index in [1.165, 1.54) is 0 Å². The van der Waals surface area contributed by atoms with Crippen molar-refractivity contribution in [3.05, 3.63) is 29.3 Å². The van der Waals surface area contributed by atoms with Crippen molar-refractivity contribution in [1.82, 2.24) is 14.9 Å². The molecule has 0 fully saturated rings. The van der Waals surface area contributed by atoms with Crippen LogP contribution in [0.3, 0.4) is 0 Å². The van der Waals surface area contributed by atoms with Crippen LogP contribution in [0, 0.1) is 20.8 Å².